The Hall–Kier alpha value is -5.60. The minimum absolute atomic E-state index is 0.859. The van der Waals surface area contributed by atoms with Crippen LogP contribution in [0.15, 0.2) is 155 Å². The molecule has 42 heavy (non-hydrogen) atoms. The van der Waals surface area contributed by atoms with E-state index in [0.717, 1.165) is 44.0 Å². The van der Waals surface area contributed by atoms with Gasteiger partial charge in [-0.25, -0.2) is 0 Å². The zero-order chi connectivity index (χ0) is 27.6. The van der Waals surface area contributed by atoms with E-state index in [1.165, 1.54) is 43.8 Å². The highest BCUT2D eigenvalue weighted by molar-refractivity contribution is 6.27. The molecule has 7 aromatic carbocycles. The van der Waals surface area contributed by atoms with Crippen LogP contribution in [0.4, 0.5) is 0 Å². The molecule has 9 aromatic rings. The SMILES string of the molecule is c1ccc(-c2ccc(-c3c4ccccc4c(-c4cc5occc5c5c4oc4ccccc45)c4ccccc34)cc2)cc1. The summed E-state index contributed by atoms with van der Waals surface area (Å²) in [4.78, 5) is 0. The van der Waals surface area contributed by atoms with Crippen LogP contribution in [0.2, 0.25) is 0 Å². The first-order valence-electron chi connectivity index (χ1n) is 14.3. The smallest absolute Gasteiger partial charge is 0.144 e. The minimum atomic E-state index is 0.859. The van der Waals surface area contributed by atoms with Crippen molar-refractivity contribution in [2.24, 2.45) is 0 Å². The maximum atomic E-state index is 6.64. The molecule has 9 rings (SSSR count). The highest BCUT2D eigenvalue weighted by Crippen LogP contribution is 2.48. The Morgan fingerprint density at radius 2 is 0.905 bits per heavy atom. The van der Waals surface area contributed by atoms with Gasteiger partial charge in [-0.1, -0.05) is 121 Å². The summed E-state index contributed by atoms with van der Waals surface area (Å²) in [7, 11) is 0. The van der Waals surface area contributed by atoms with Crippen molar-refractivity contribution >= 4 is 54.5 Å². The van der Waals surface area contributed by atoms with E-state index in [-0.39, 0.29) is 0 Å². The Kier molecular flexibility index (Phi) is 4.93. The number of hydrogen-bond acceptors (Lipinski definition) is 2. The zero-order valence-corrected chi connectivity index (χ0v) is 22.7. The zero-order valence-electron chi connectivity index (χ0n) is 22.7. The van der Waals surface area contributed by atoms with Crippen LogP contribution in [0.25, 0.3) is 87.8 Å². The van der Waals surface area contributed by atoms with E-state index in [1.54, 1.807) is 6.26 Å². The van der Waals surface area contributed by atoms with Crippen LogP contribution < -0.4 is 0 Å². The standard InChI is InChI=1S/C40H24O2/c1-2-10-25(11-3-1)26-18-20-27(21-19-26)37-28-12-4-6-14-30(28)38(31-15-7-5-13-29(31)37)34-24-36-33(22-23-41-36)39-32-16-8-9-17-35(32)42-40(34)39/h1-24H. The molecule has 0 saturated carbocycles. The van der Waals surface area contributed by atoms with Gasteiger partial charge in [-0.05, 0) is 62.0 Å². The first kappa shape index (κ1) is 23.1. The lowest BCUT2D eigenvalue weighted by atomic mass is 9.85. The van der Waals surface area contributed by atoms with E-state index in [0.29, 0.717) is 0 Å². The van der Waals surface area contributed by atoms with E-state index in [9.17, 15) is 0 Å². The predicted octanol–water partition coefficient (Wildman–Crippen LogP) is 11.6. The molecular weight excluding hydrogens is 512 g/mol. The second kappa shape index (κ2) is 8.95. The van der Waals surface area contributed by atoms with Crippen molar-refractivity contribution in [2.45, 2.75) is 0 Å². The highest BCUT2D eigenvalue weighted by atomic mass is 16.3. The molecule has 0 spiro atoms. The molecule has 0 amide bonds. The lowest BCUT2D eigenvalue weighted by Gasteiger charge is -2.18. The van der Waals surface area contributed by atoms with Crippen LogP contribution in [0, 0.1) is 0 Å². The van der Waals surface area contributed by atoms with Gasteiger partial charge in [0.25, 0.3) is 0 Å². The summed E-state index contributed by atoms with van der Waals surface area (Å²) in [5.74, 6) is 0. The lowest BCUT2D eigenvalue weighted by Crippen LogP contribution is -1.91. The van der Waals surface area contributed by atoms with Crippen LogP contribution in [-0.4, -0.2) is 0 Å². The van der Waals surface area contributed by atoms with Crippen LogP contribution in [-0.2, 0) is 0 Å². The fraction of sp³-hybridized carbons (Fsp3) is 0. The van der Waals surface area contributed by atoms with E-state index in [2.05, 4.69) is 121 Å². The molecule has 2 heterocycles. The Morgan fingerprint density at radius 3 is 1.60 bits per heavy atom. The summed E-state index contributed by atoms with van der Waals surface area (Å²) in [5.41, 5.74) is 9.70. The Morgan fingerprint density at radius 1 is 0.381 bits per heavy atom. The summed E-state index contributed by atoms with van der Waals surface area (Å²) < 4.78 is 12.7. The summed E-state index contributed by atoms with van der Waals surface area (Å²) in [6.07, 6.45) is 1.77. The van der Waals surface area contributed by atoms with E-state index in [4.69, 9.17) is 8.83 Å². The second-order valence-electron chi connectivity index (χ2n) is 10.8. The maximum absolute atomic E-state index is 6.64. The van der Waals surface area contributed by atoms with Gasteiger partial charge in [0.05, 0.1) is 6.26 Å². The number of benzene rings is 7. The molecule has 196 valence electrons. The molecule has 0 bridgehead atoms. The fourth-order valence-electron chi connectivity index (χ4n) is 6.71. The summed E-state index contributed by atoms with van der Waals surface area (Å²) in [6, 6.07) is 49.5. The third kappa shape index (κ3) is 3.33. The van der Waals surface area contributed by atoms with Gasteiger partial charge in [-0.2, -0.15) is 0 Å². The van der Waals surface area contributed by atoms with Crippen molar-refractivity contribution in [3.05, 3.63) is 146 Å². The van der Waals surface area contributed by atoms with Crippen molar-refractivity contribution in [1.82, 2.24) is 0 Å². The summed E-state index contributed by atoms with van der Waals surface area (Å²) >= 11 is 0. The molecule has 0 fully saturated rings. The number of rotatable bonds is 3. The molecule has 0 unspecified atom stereocenters. The number of para-hydroxylation sites is 1. The maximum Gasteiger partial charge on any atom is 0.144 e. The largest absolute Gasteiger partial charge is 0.464 e. The molecule has 0 atom stereocenters. The van der Waals surface area contributed by atoms with Gasteiger partial charge in [0.2, 0.25) is 0 Å². The Bertz CT molecular complexity index is 2380. The third-order valence-electron chi connectivity index (χ3n) is 8.56. The lowest BCUT2D eigenvalue weighted by molar-refractivity contribution is 0.615. The highest BCUT2D eigenvalue weighted by Gasteiger charge is 2.22. The molecule has 2 nitrogen and oxygen atoms in total. The predicted molar refractivity (Wildman–Crippen MR) is 175 cm³/mol. The molecule has 0 saturated heterocycles. The van der Waals surface area contributed by atoms with Gasteiger partial charge >= 0.3 is 0 Å². The van der Waals surface area contributed by atoms with Crippen molar-refractivity contribution in [3.63, 3.8) is 0 Å². The van der Waals surface area contributed by atoms with Crippen LogP contribution in [0.3, 0.4) is 0 Å². The molecular formula is C40H24O2. The van der Waals surface area contributed by atoms with E-state index >= 15 is 0 Å². The third-order valence-corrected chi connectivity index (χ3v) is 8.56. The van der Waals surface area contributed by atoms with Crippen molar-refractivity contribution in [3.8, 4) is 33.4 Å². The average Bonchev–Trinajstić information content (AvgIpc) is 3.68. The van der Waals surface area contributed by atoms with Gasteiger partial charge in [0, 0.05) is 27.3 Å². The van der Waals surface area contributed by atoms with Gasteiger partial charge in [-0.15, -0.1) is 0 Å². The average molecular weight is 537 g/mol. The second-order valence-corrected chi connectivity index (χ2v) is 10.8. The Balaban J connectivity index is 1.38. The molecule has 0 radical (unpaired) electrons. The quantitative estimate of drug-likeness (QED) is 0.210. The Labute approximate surface area is 242 Å². The monoisotopic (exact) mass is 536 g/mol. The minimum Gasteiger partial charge on any atom is -0.464 e. The molecule has 0 N–H and O–H groups in total. The first-order valence-corrected chi connectivity index (χ1v) is 14.3. The van der Waals surface area contributed by atoms with Crippen molar-refractivity contribution in [2.75, 3.05) is 0 Å². The molecule has 2 heteroatoms. The van der Waals surface area contributed by atoms with E-state index < -0.39 is 0 Å². The molecule has 2 aromatic heterocycles. The molecule has 0 aliphatic heterocycles. The van der Waals surface area contributed by atoms with Crippen LogP contribution >= 0.6 is 0 Å². The van der Waals surface area contributed by atoms with Gasteiger partial charge < -0.3 is 8.83 Å². The van der Waals surface area contributed by atoms with Gasteiger partial charge in [0.15, 0.2) is 0 Å². The van der Waals surface area contributed by atoms with Gasteiger partial charge in [0.1, 0.15) is 16.7 Å². The van der Waals surface area contributed by atoms with Gasteiger partial charge in [-0.3, -0.25) is 0 Å². The normalized spacial score (nSPS) is 11.8. The van der Waals surface area contributed by atoms with Crippen LogP contribution in [0.5, 0.6) is 0 Å². The molecule has 0 aliphatic rings. The summed E-state index contributed by atoms with van der Waals surface area (Å²) in [5, 5.41) is 8.06. The summed E-state index contributed by atoms with van der Waals surface area (Å²) in [6.45, 7) is 0. The fourth-order valence-corrected chi connectivity index (χ4v) is 6.71. The van der Waals surface area contributed by atoms with Crippen molar-refractivity contribution < 1.29 is 8.83 Å². The number of hydrogen-bond donors (Lipinski definition) is 0. The number of fused-ring (bicyclic) bond motifs is 7. The van der Waals surface area contributed by atoms with E-state index in [1.807, 2.05) is 18.2 Å². The molecule has 0 aliphatic carbocycles. The number of furan rings is 2. The topological polar surface area (TPSA) is 26.3 Å². The van der Waals surface area contributed by atoms with Crippen LogP contribution in [0.1, 0.15) is 0 Å². The first-order chi connectivity index (χ1) is 20.8. The van der Waals surface area contributed by atoms with Crippen molar-refractivity contribution in [1.29, 1.82) is 0 Å².